The number of unbranched alkanes of at least 4 members (excludes halogenated alkanes) is 1. The molecule has 2 aromatic rings. The second kappa shape index (κ2) is 6.66. The topological polar surface area (TPSA) is 34.9 Å². The van der Waals surface area contributed by atoms with E-state index >= 15 is 0 Å². The van der Waals surface area contributed by atoms with Gasteiger partial charge in [0.25, 0.3) is 5.56 Å². The average Bonchev–Trinajstić information content (AvgIpc) is 2.43. The van der Waals surface area contributed by atoms with Crippen LogP contribution in [0.3, 0.4) is 0 Å². The number of nitrogens with zero attached hydrogens (tertiary/aromatic N) is 2. The van der Waals surface area contributed by atoms with E-state index in [1.54, 1.807) is 6.20 Å². The first kappa shape index (κ1) is 14.0. The van der Waals surface area contributed by atoms with Crippen molar-refractivity contribution in [2.45, 2.75) is 32.7 Å². The highest BCUT2D eigenvalue weighted by atomic mass is 79.9. The van der Waals surface area contributed by atoms with Gasteiger partial charge in [0.1, 0.15) is 0 Å². The molecule has 0 radical (unpaired) electrons. The summed E-state index contributed by atoms with van der Waals surface area (Å²) in [5.41, 5.74) is 1.92. The number of rotatable bonds is 5. The molecule has 3 nitrogen and oxygen atoms in total. The maximum atomic E-state index is 12.4. The van der Waals surface area contributed by atoms with E-state index in [4.69, 9.17) is 0 Å². The van der Waals surface area contributed by atoms with E-state index in [2.05, 4.69) is 28.0 Å². The molecule has 0 amide bonds. The van der Waals surface area contributed by atoms with Crippen LogP contribution in [0.2, 0.25) is 0 Å². The lowest BCUT2D eigenvalue weighted by Crippen LogP contribution is -2.27. The number of benzene rings is 1. The summed E-state index contributed by atoms with van der Waals surface area (Å²) in [7, 11) is 0. The molecule has 0 aliphatic rings. The van der Waals surface area contributed by atoms with E-state index in [9.17, 15) is 4.79 Å². The average molecular weight is 321 g/mol. The standard InChI is InChI=1S/C15H17BrN2O/c1-2-3-9-13-14(16)10-17-18(15(13)19)11-12-7-5-4-6-8-12/h4-8,10H,2-3,9,11H2,1H3. The van der Waals surface area contributed by atoms with E-state index in [-0.39, 0.29) is 5.56 Å². The zero-order chi connectivity index (χ0) is 13.7. The molecule has 0 N–H and O–H groups in total. The smallest absolute Gasteiger partial charge is 0.267 e. The normalized spacial score (nSPS) is 10.6. The van der Waals surface area contributed by atoms with Gasteiger partial charge in [-0.25, -0.2) is 4.68 Å². The van der Waals surface area contributed by atoms with Crippen molar-refractivity contribution in [2.24, 2.45) is 0 Å². The molecule has 1 heterocycles. The molecule has 0 saturated carbocycles. The fraction of sp³-hybridized carbons (Fsp3) is 0.333. The minimum atomic E-state index is 0.00618. The SMILES string of the molecule is CCCCc1c(Br)cnn(Cc2ccccc2)c1=O. The van der Waals surface area contributed by atoms with Crippen LogP contribution in [0.25, 0.3) is 0 Å². The fourth-order valence-corrected chi connectivity index (χ4v) is 2.42. The van der Waals surface area contributed by atoms with E-state index in [0.29, 0.717) is 6.54 Å². The van der Waals surface area contributed by atoms with Crippen LogP contribution in [0.5, 0.6) is 0 Å². The second-order valence-corrected chi connectivity index (χ2v) is 5.38. The van der Waals surface area contributed by atoms with Gasteiger partial charge in [-0.1, -0.05) is 43.7 Å². The molecule has 0 aliphatic heterocycles. The molecule has 0 aliphatic carbocycles. The molecule has 0 atom stereocenters. The first-order valence-electron chi connectivity index (χ1n) is 6.50. The minimum Gasteiger partial charge on any atom is -0.267 e. The van der Waals surface area contributed by atoms with Crippen LogP contribution in [-0.4, -0.2) is 9.78 Å². The van der Waals surface area contributed by atoms with E-state index in [0.717, 1.165) is 34.9 Å². The van der Waals surface area contributed by atoms with E-state index < -0.39 is 0 Å². The van der Waals surface area contributed by atoms with Gasteiger partial charge < -0.3 is 0 Å². The highest BCUT2D eigenvalue weighted by Gasteiger charge is 2.09. The third-order valence-corrected chi connectivity index (χ3v) is 3.73. The third-order valence-electron chi connectivity index (χ3n) is 3.05. The third kappa shape index (κ3) is 3.53. The molecule has 0 saturated heterocycles. The predicted octanol–water partition coefficient (Wildman–Crippen LogP) is 3.40. The maximum absolute atomic E-state index is 12.4. The van der Waals surface area contributed by atoms with Gasteiger partial charge in [-0.3, -0.25) is 4.79 Å². The first-order valence-corrected chi connectivity index (χ1v) is 7.30. The summed E-state index contributed by atoms with van der Waals surface area (Å²) in [5, 5.41) is 4.20. The molecular formula is C15H17BrN2O. The summed E-state index contributed by atoms with van der Waals surface area (Å²) in [6.07, 6.45) is 4.61. The Hall–Kier alpha value is -1.42. The predicted molar refractivity (Wildman–Crippen MR) is 80.4 cm³/mol. The summed E-state index contributed by atoms with van der Waals surface area (Å²) in [4.78, 5) is 12.4. The number of aromatic nitrogens is 2. The lowest BCUT2D eigenvalue weighted by molar-refractivity contribution is 0.621. The lowest BCUT2D eigenvalue weighted by atomic mass is 10.1. The summed E-state index contributed by atoms with van der Waals surface area (Å²) in [5.74, 6) is 0. The van der Waals surface area contributed by atoms with Gasteiger partial charge in [-0.15, -0.1) is 0 Å². The van der Waals surface area contributed by atoms with Crippen molar-refractivity contribution in [3.8, 4) is 0 Å². The monoisotopic (exact) mass is 320 g/mol. The maximum Gasteiger partial charge on any atom is 0.271 e. The summed E-state index contributed by atoms with van der Waals surface area (Å²) < 4.78 is 2.35. The molecule has 4 heteroatoms. The van der Waals surface area contributed by atoms with Crippen LogP contribution < -0.4 is 5.56 Å². The number of hydrogen-bond donors (Lipinski definition) is 0. The first-order chi connectivity index (χ1) is 9.22. The van der Waals surface area contributed by atoms with Crippen molar-refractivity contribution in [3.05, 3.63) is 62.5 Å². The van der Waals surface area contributed by atoms with E-state index in [1.807, 2.05) is 30.3 Å². The number of halogens is 1. The van der Waals surface area contributed by atoms with Crippen LogP contribution in [0.4, 0.5) is 0 Å². The Bertz CT molecular complexity index is 593. The van der Waals surface area contributed by atoms with Crippen molar-refractivity contribution < 1.29 is 0 Å². The van der Waals surface area contributed by atoms with Crippen molar-refractivity contribution >= 4 is 15.9 Å². The van der Waals surface area contributed by atoms with Gasteiger partial charge in [0, 0.05) is 10.0 Å². The highest BCUT2D eigenvalue weighted by molar-refractivity contribution is 9.10. The Labute approximate surface area is 121 Å². The lowest BCUT2D eigenvalue weighted by Gasteiger charge is -2.08. The van der Waals surface area contributed by atoms with Crippen molar-refractivity contribution in [1.29, 1.82) is 0 Å². The summed E-state index contributed by atoms with van der Waals surface area (Å²) in [6, 6.07) is 9.91. The van der Waals surface area contributed by atoms with Gasteiger partial charge in [-0.2, -0.15) is 5.10 Å². The van der Waals surface area contributed by atoms with Gasteiger partial charge in [0.15, 0.2) is 0 Å². The van der Waals surface area contributed by atoms with Crippen LogP contribution in [0.1, 0.15) is 30.9 Å². The van der Waals surface area contributed by atoms with Crippen molar-refractivity contribution in [3.63, 3.8) is 0 Å². The minimum absolute atomic E-state index is 0.00618. The van der Waals surface area contributed by atoms with E-state index in [1.165, 1.54) is 4.68 Å². The van der Waals surface area contributed by atoms with Crippen LogP contribution in [0, 0.1) is 0 Å². The number of hydrogen-bond acceptors (Lipinski definition) is 2. The molecule has 2 rings (SSSR count). The molecule has 0 fully saturated rings. The summed E-state index contributed by atoms with van der Waals surface area (Å²) >= 11 is 3.42. The Morgan fingerprint density at radius 1 is 1.26 bits per heavy atom. The van der Waals surface area contributed by atoms with Crippen LogP contribution >= 0.6 is 15.9 Å². The zero-order valence-electron chi connectivity index (χ0n) is 11.0. The quantitative estimate of drug-likeness (QED) is 0.846. The fourth-order valence-electron chi connectivity index (χ4n) is 1.96. The molecule has 0 bridgehead atoms. The molecule has 1 aromatic carbocycles. The Morgan fingerprint density at radius 3 is 2.68 bits per heavy atom. The van der Waals surface area contributed by atoms with Crippen LogP contribution in [0.15, 0.2) is 45.8 Å². The highest BCUT2D eigenvalue weighted by Crippen LogP contribution is 2.13. The molecular weight excluding hydrogens is 304 g/mol. The summed E-state index contributed by atoms with van der Waals surface area (Å²) in [6.45, 7) is 2.64. The second-order valence-electron chi connectivity index (χ2n) is 4.52. The Kier molecular flexibility index (Phi) is 4.91. The van der Waals surface area contributed by atoms with Gasteiger partial charge in [0.05, 0.1) is 12.7 Å². The van der Waals surface area contributed by atoms with Gasteiger partial charge in [0.2, 0.25) is 0 Å². The van der Waals surface area contributed by atoms with Crippen LogP contribution in [-0.2, 0) is 13.0 Å². The Morgan fingerprint density at radius 2 is 2.00 bits per heavy atom. The van der Waals surface area contributed by atoms with Crippen molar-refractivity contribution in [1.82, 2.24) is 9.78 Å². The van der Waals surface area contributed by atoms with Gasteiger partial charge in [-0.05, 0) is 34.3 Å². The molecule has 1 aromatic heterocycles. The molecule has 0 spiro atoms. The molecule has 19 heavy (non-hydrogen) atoms. The zero-order valence-corrected chi connectivity index (χ0v) is 12.6. The largest absolute Gasteiger partial charge is 0.271 e. The Balaban J connectivity index is 2.29. The van der Waals surface area contributed by atoms with Crippen molar-refractivity contribution in [2.75, 3.05) is 0 Å². The molecule has 100 valence electrons. The molecule has 0 unspecified atom stereocenters. The van der Waals surface area contributed by atoms with Gasteiger partial charge >= 0.3 is 0 Å².